The second kappa shape index (κ2) is 7.47. The lowest BCUT2D eigenvalue weighted by molar-refractivity contribution is -0.385. The van der Waals surface area contributed by atoms with Gasteiger partial charge in [-0.15, -0.1) is 0 Å². The molecule has 1 rings (SSSR count). The molecule has 1 aromatic rings. The van der Waals surface area contributed by atoms with E-state index in [9.17, 15) is 14.9 Å². The zero-order valence-corrected chi connectivity index (χ0v) is 11.9. The lowest BCUT2D eigenvalue weighted by Gasteiger charge is -2.18. The molecular weight excluding hydrogens is 262 g/mol. The van der Waals surface area contributed by atoms with E-state index in [1.807, 2.05) is 6.92 Å². The van der Waals surface area contributed by atoms with Gasteiger partial charge in [0.1, 0.15) is 5.75 Å². The molecule has 110 valence electrons. The third kappa shape index (κ3) is 3.94. The van der Waals surface area contributed by atoms with Gasteiger partial charge < -0.3 is 9.47 Å². The van der Waals surface area contributed by atoms with E-state index in [2.05, 4.69) is 0 Å². The molecule has 1 aromatic carbocycles. The monoisotopic (exact) mass is 281 g/mol. The van der Waals surface area contributed by atoms with E-state index in [1.54, 1.807) is 19.9 Å². The van der Waals surface area contributed by atoms with Crippen LogP contribution in [0.1, 0.15) is 32.3 Å². The van der Waals surface area contributed by atoms with Crippen LogP contribution in [0.5, 0.6) is 5.75 Å². The van der Waals surface area contributed by atoms with Crippen molar-refractivity contribution >= 4 is 11.7 Å². The molecule has 0 aliphatic rings. The number of ether oxygens (including phenoxy) is 2. The first kappa shape index (κ1) is 15.9. The highest BCUT2D eigenvalue weighted by Gasteiger charge is 2.23. The summed E-state index contributed by atoms with van der Waals surface area (Å²) in [5.74, 6) is -0.106. The minimum Gasteiger partial charge on any atom is -0.478 e. The lowest BCUT2D eigenvalue weighted by Crippen LogP contribution is -2.29. The first-order valence-corrected chi connectivity index (χ1v) is 6.58. The topological polar surface area (TPSA) is 78.7 Å². The Morgan fingerprint density at radius 3 is 2.65 bits per heavy atom. The van der Waals surface area contributed by atoms with Crippen molar-refractivity contribution in [1.29, 1.82) is 0 Å². The molecule has 0 saturated heterocycles. The fourth-order valence-corrected chi connectivity index (χ4v) is 1.80. The normalized spacial score (nSPS) is 11.8. The fraction of sp³-hybridized carbons (Fsp3) is 0.500. The van der Waals surface area contributed by atoms with E-state index in [1.165, 1.54) is 12.1 Å². The van der Waals surface area contributed by atoms with Crippen molar-refractivity contribution in [3.05, 3.63) is 33.9 Å². The second-order valence-electron chi connectivity index (χ2n) is 4.30. The first-order chi connectivity index (χ1) is 9.51. The summed E-state index contributed by atoms with van der Waals surface area (Å²) in [4.78, 5) is 22.2. The second-order valence-corrected chi connectivity index (χ2v) is 4.30. The number of carbonyl (C=O) groups excluding carboxylic acids is 1. The van der Waals surface area contributed by atoms with Crippen molar-refractivity contribution in [3.63, 3.8) is 0 Å². The van der Waals surface area contributed by atoms with E-state index < -0.39 is 17.0 Å². The van der Waals surface area contributed by atoms with E-state index >= 15 is 0 Å². The van der Waals surface area contributed by atoms with Crippen molar-refractivity contribution in [2.24, 2.45) is 0 Å². The van der Waals surface area contributed by atoms with Crippen molar-refractivity contribution in [3.8, 4) is 5.75 Å². The van der Waals surface area contributed by atoms with Crippen LogP contribution in [0, 0.1) is 17.0 Å². The van der Waals surface area contributed by atoms with Crippen LogP contribution in [0.15, 0.2) is 18.2 Å². The molecule has 1 unspecified atom stereocenters. The SMILES string of the molecule is CCCC(Oc1cccc([N+](=O)[O-])c1C)C(=O)OCC. The first-order valence-electron chi connectivity index (χ1n) is 6.58. The van der Waals surface area contributed by atoms with Crippen LogP contribution >= 0.6 is 0 Å². The van der Waals surface area contributed by atoms with Gasteiger partial charge >= 0.3 is 5.97 Å². The summed E-state index contributed by atoms with van der Waals surface area (Å²) in [7, 11) is 0. The third-order valence-electron chi connectivity index (χ3n) is 2.82. The van der Waals surface area contributed by atoms with Gasteiger partial charge in [-0.2, -0.15) is 0 Å². The van der Waals surface area contributed by atoms with Crippen LogP contribution in [0.3, 0.4) is 0 Å². The van der Waals surface area contributed by atoms with E-state index in [0.717, 1.165) is 6.42 Å². The predicted molar refractivity (Wildman–Crippen MR) is 73.8 cm³/mol. The largest absolute Gasteiger partial charge is 0.478 e. The number of benzene rings is 1. The maximum atomic E-state index is 11.8. The summed E-state index contributed by atoms with van der Waals surface area (Å²) in [5, 5.41) is 10.9. The van der Waals surface area contributed by atoms with Crippen LogP contribution in [-0.2, 0) is 9.53 Å². The number of hydrogen-bond acceptors (Lipinski definition) is 5. The summed E-state index contributed by atoms with van der Waals surface area (Å²) >= 11 is 0. The Morgan fingerprint density at radius 1 is 1.40 bits per heavy atom. The van der Waals surface area contributed by atoms with Gasteiger partial charge in [-0.05, 0) is 26.3 Å². The molecule has 1 atom stereocenters. The van der Waals surface area contributed by atoms with Gasteiger partial charge in [0, 0.05) is 6.07 Å². The quantitative estimate of drug-likeness (QED) is 0.436. The molecule has 0 heterocycles. The third-order valence-corrected chi connectivity index (χ3v) is 2.82. The van der Waals surface area contributed by atoms with Gasteiger partial charge in [-0.25, -0.2) is 4.79 Å². The zero-order valence-electron chi connectivity index (χ0n) is 11.9. The van der Waals surface area contributed by atoms with E-state index in [4.69, 9.17) is 9.47 Å². The lowest BCUT2D eigenvalue weighted by atomic mass is 10.1. The Balaban J connectivity index is 2.96. The average molecular weight is 281 g/mol. The van der Waals surface area contributed by atoms with Crippen LogP contribution < -0.4 is 4.74 Å². The molecule has 0 radical (unpaired) electrons. The van der Waals surface area contributed by atoms with Crippen molar-refractivity contribution in [1.82, 2.24) is 0 Å². The van der Waals surface area contributed by atoms with Gasteiger partial charge in [0.2, 0.25) is 0 Å². The predicted octanol–water partition coefficient (Wildman–Crippen LogP) is 3.01. The van der Waals surface area contributed by atoms with Crippen molar-refractivity contribution in [2.75, 3.05) is 6.61 Å². The fourth-order valence-electron chi connectivity index (χ4n) is 1.80. The number of carbonyl (C=O) groups is 1. The molecule has 20 heavy (non-hydrogen) atoms. The van der Waals surface area contributed by atoms with Gasteiger partial charge in [-0.1, -0.05) is 19.4 Å². The van der Waals surface area contributed by atoms with Crippen molar-refractivity contribution in [2.45, 2.75) is 39.7 Å². The Bertz CT molecular complexity index is 486. The standard InChI is InChI=1S/C14H19NO5/c1-4-7-13(14(16)19-5-2)20-12-9-6-8-11(10(12)3)15(17)18/h6,8-9,13H,4-5,7H2,1-3H3. The van der Waals surface area contributed by atoms with Gasteiger partial charge in [0.25, 0.3) is 5.69 Å². The molecule has 0 saturated carbocycles. The molecule has 0 amide bonds. The molecule has 0 fully saturated rings. The zero-order chi connectivity index (χ0) is 15.1. The molecule has 0 aromatic heterocycles. The van der Waals surface area contributed by atoms with Crippen LogP contribution in [0.25, 0.3) is 0 Å². The van der Waals surface area contributed by atoms with Crippen LogP contribution in [-0.4, -0.2) is 23.6 Å². The highest BCUT2D eigenvalue weighted by Crippen LogP contribution is 2.28. The number of nitro benzene ring substituents is 1. The van der Waals surface area contributed by atoms with E-state index in [0.29, 0.717) is 17.7 Å². The summed E-state index contributed by atoms with van der Waals surface area (Å²) in [6.07, 6.45) is 0.513. The molecule has 6 nitrogen and oxygen atoms in total. The van der Waals surface area contributed by atoms with Gasteiger partial charge in [0.15, 0.2) is 6.10 Å². The van der Waals surface area contributed by atoms with Crippen LogP contribution in [0.2, 0.25) is 0 Å². The molecule has 0 N–H and O–H groups in total. The minimum absolute atomic E-state index is 0.0263. The molecule has 6 heteroatoms. The molecule has 0 aliphatic heterocycles. The number of nitro groups is 1. The Hall–Kier alpha value is -2.11. The van der Waals surface area contributed by atoms with Crippen molar-refractivity contribution < 1.29 is 19.2 Å². The Morgan fingerprint density at radius 2 is 2.10 bits per heavy atom. The Kier molecular flexibility index (Phi) is 5.96. The number of esters is 1. The number of nitrogens with zero attached hydrogens (tertiary/aromatic N) is 1. The van der Waals surface area contributed by atoms with Gasteiger partial charge in [0.05, 0.1) is 17.1 Å². The number of hydrogen-bond donors (Lipinski definition) is 0. The summed E-state index contributed by atoms with van der Waals surface area (Å²) < 4.78 is 10.6. The number of rotatable bonds is 7. The maximum Gasteiger partial charge on any atom is 0.347 e. The van der Waals surface area contributed by atoms with E-state index in [-0.39, 0.29) is 12.3 Å². The smallest absolute Gasteiger partial charge is 0.347 e. The molecule has 0 spiro atoms. The average Bonchev–Trinajstić information content (AvgIpc) is 2.40. The molecule has 0 aliphatic carbocycles. The summed E-state index contributed by atoms with van der Waals surface area (Å²) in [6, 6.07) is 4.56. The van der Waals surface area contributed by atoms with Crippen LogP contribution in [0.4, 0.5) is 5.69 Å². The molecule has 0 bridgehead atoms. The van der Waals surface area contributed by atoms with Gasteiger partial charge in [-0.3, -0.25) is 10.1 Å². The summed E-state index contributed by atoms with van der Waals surface area (Å²) in [5.41, 5.74) is 0.379. The highest BCUT2D eigenvalue weighted by molar-refractivity contribution is 5.75. The summed E-state index contributed by atoms with van der Waals surface area (Å²) in [6.45, 7) is 5.52. The minimum atomic E-state index is -0.736. The highest BCUT2D eigenvalue weighted by atomic mass is 16.6. The Labute approximate surface area is 117 Å². The maximum absolute atomic E-state index is 11.8. The molecular formula is C14H19NO5.